The molecular weight excluding hydrogens is 236 g/mol. The lowest BCUT2D eigenvalue weighted by Crippen LogP contribution is -2.06. The fourth-order valence-electron chi connectivity index (χ4n) is 1.68. The number of nitro groups is 1. The predicted molar refractivity (Wildman–Crippen MR) is 65.1 cm³/mol. The Labute approximate surface area is 103 Å². The molecule has 2 heterocycles. The van der Waals surface area contributed by atoms with Crippen molar-refractivity contribution in [3.05, 3.63) is 28.8 Å². The molecule has 0 spiro atoms. The number of nitrogens with one attached hydrogen (secondary N) is 1. The maximum atomic E-state index is 11.1. The van der Waals surface area contributed by atoms with Crippen molar-refractivity contribution in [2.24, 2.45) is 0 Å². The van der Waals surface area contributed by atoms with Crippen molar-refractivity contribution in [3.63, 3.8) is 0 Å². The summed E-state index contributed by atoms with van der Waals surface area (Å²) in [5.41, 5.74) is 0.0482. The molecule has 0 fully saturated rings. The van der Waals surface area contributed by atoms with Gasteiger partial charge in [0.05, 0.1) is 4.92 Å². The Morgan fingerprint density at radius 1 is 1.44 bits per heavy atom. The van der Waals surface area contributed by atoms with Crippen molar-refractivity contribution in [1.82, 2.24) is 19.5 Å². The fraction of sp³-hybridized carbons (Fsp3) is 0.300. The van der Waals surface area contributed by atoms with Gasteiger partial charge in [0.2, 0.25) is 5.82 Å². The number of aromatic nitrogens is 4. The van der Waals surface area contributed by atoms with Crippen LogP contribution in [0.15, 0.2) is 18.7 Å². The molecule has 0 aromatic carbocycles. The zero-order valence-electron chi connectivity index (χ0n) is 9.99. The Kier molecular flexibility index (Phi) is 3.18. The highest BCUT2D eigenvalue weighted by molar-refractivity contribution is 5.72. The SMILES string of the molecule is CCn1ccnc1-c1ncnc(NC)c1[N+](=O)[O-]. The van der Waals surface area contributed by atoms with Gasteiger partial charge in [0.25, 0.3) is 0 Å². The largest absolute Gasteiger partial charge is 0.367 e. The zero-order chi connectivity index (χ0) is 13.1. The van der Waals surface area contributed by atoms with Gasteiger partial charge in [0, 0.05) is 26.0 Å². The molecule has 8 heteroatoms. The second-order valence-corrected chi connectivity index (χ2v) is 3.46. The highest BCUT2D eigenvalue weighted by atomic mass is 16.6. The van der Waals surface area contributed by atoms with Crippen LogP contribution in [0.25, 0.3) is 11.5 Å². The number of hydrogen-bond donors (Lipinski definition) is 1. The van der Waals surface area contributed by atoms with Gasteiger partial charge in [-0.1, -0.05) is 0 Å². The summed E-state index contributed by atoms with van der Waals surface area (Å²) < 4.78 is 1.79. The molecule has 0 bridgehead atoms. The van der Waals surface area contributed by atoms with E-state index in [9.17, 15) is 10.1 Å². The lowest BCUT2D eigenvalue weighted by Gasteiger charge is -2.06. The third-order valence-electron chi connectivity index (χ3n) is 2.51. The fourth-order valence-corrected chi connectivity index (χ4v) is 1.68. The average molecular weight is 248 g/mol. The van der Waals surface area contributed by atoms with E-state index in [2.05, 4.69) is 20.3 Å². The summed E-state index contributed by atoms with van der Waals surface area (Å²) in [5.74, 6) is 0.638. The van der Waals surface area contributed by atoms with Crippen LogP contribution in [0.5, 0.6) is 0 Å². The predicted octanol–water partition coefficient (Wildman–Crippen LogP) is 1.31. The molecule has 0 amide bonds. The van der Waals surface area contributed by atoms with Crippen molar-refractivity contribution in [1.29, 1.82) is 0 Å². The van der Waals surface area contributed by atoms with Crippen LogP contribution >= 0.6 is 0 Å². The average Bonchev–Trinajstić information content (AvgIpc) is 2.85. The van der Waals surface area contributed by atoms with Gasteiger partial charge in [-0.2, -0.15) is 0 Å². The number of aryl methyl sites for hydroxylation is 1. The smallest absolute Gasteiger partial charge is 0.340 e. The second kappa shape index (κ2) is 4.78. The van der Waals surface area contributed by atoms with Crippen molar-refractivity contribution in [2.75, 3.05) is 12.4 Å². The van der Waals surface area contributed by atoms with E-state index in [-0.39, 0.29) is 17.2 Å². The molecule has 1 N–H and O–H groups in total. The number of imidazole rings is 1. The monoisotopic (exact) mass is 248 g/mol. The van der Waals surface area contributed by atoms with Crippen molar-refractivity contribution < 1.29 is 4.92 Å². The van der Waals surface area contributed by atoms with Gasteiger partial charge in [-0.05, 0) is 6.92 Å². The first-order chi connectivity index (χ1) is 8.69. The molecule has 0 saturated carbocycles. The van der Waals surface area contributed by atoms with Crippen LogP contribution in [-0.4, -0.2) is 31.5 Å². The van der Waals surface area contributed by atoms with E-state index in [0.717, 1.165) is 0 Å². The van der Waals surface area contributed by atoms with Gasteiger partial charge in [-0.25, -0.2) is 15.0 Å². The molecular formula is C10H12N6O2. The molecule has 8 nitrogen and oxygen atoms in total. The van der Waals surface area contributed by atoms with Crippen LogP contribution in [0, 0.1) is 10.1 Å². The highest BCUT2D eigenvalue weighted by Gasteiger charge is 2.25. The Bertz CT molecular complexity index is 579. The first kappa shape index (κ1) is 12.0. The summed E-state index contributed by atoms with van der Waals surface area (Å²) in [5, 5.41) is 13.8. The number of hydrogen-bond acceptors (Lipinski definition) is 6. The van der Waals surface area contributed by atoms with E-state index in [4.69, 9.17) is 0 Å². The Balaban J connectivity index is 2.67. The molecule has 0 aliphatic rings. The summed E-state index contributed by atoms with van der Waals surface area (Å²) in [4.78, 5) is 22.6. The molecule has 0 saturated heterocycles. The van der Waals surface area contributed by atoms with Gasteiger partial charge in [0.1, 0.15) is 6.33 Å². The van der Waals surface area contributed by atoms with E-state index in [1.165, 1.54) is 6.33 Å². The minimum atomic E-state index is -0.504. The Morgan fingerprint density at radius 3 is 2.83 bits per heavy atom. The number of anilines is 1. The minimum absolute atomic E-state index is 0.166. The first-order valence-corrected chi connectivity index (χ1v) is 5.37. The lowest BCUT2D eigenvalue weighted by molar-refractivity contribution is -0.383. The van der Waals surface area contributed by atoms with Crippen LogP contribution in [0.3, 0.4) is 0 Å². The lowest BCUT2D eigenvalue weighted by atomic mass is 10.3. The Hall–Kier alpha value is -2.51. The second-order valence-electron chi connectivity index (χ2n) is 3.46. The van der Waals surface area contributed by atoms with Gasteiger partial charge in [0.15, 0.2) is 11.5 Å². The molecule has 0 atom stereocenters. The summed E-state index contributed by atoms with van der Waals surface area (Å²) >= 11 is 0. The third kappa shape index (κ3) is 1.88. The first-order valence-electron chi connectivity index (χ1n) is 5.37. The van der Waals surface area contributed by atoms with Gasteiger partial charge >= 0.3 is 5.69 Å². The van der Waals surface area contributed by atoms with Crippen LogP contribution in [0.4, 0.5) is 11.5 Å². The van der Waals surface area contributed by atoms with Crippen LogP contribution < -0.4 is 5.32 Å². The van der Waals surface area contributed by atoms with E-state index >= 15 is 0 Å². The molecule has 2 aromatic heterocycles. The van der Waals surface area contributed by atoms with Crippen LogP contribution in [-0.2, 0) is 6.54 Å². The van der Waals surface area contributed by atoms with Gasteiger partial charge in [-0.15, -0.1) is 0 Å². The summed E-state index contributed by atoms with van der Waals surface area (Å²) in [6.45, 7) is 2.59. The number of nitrogens with zero attached hydrogens (tertiary/aromatic N) is 5. The topological polar surface area (TPSA) is 98.8 Å². The Morgan fingerprint density at radius 2 is 2.22 bits per heavy atom. The summed E-state index contributed by atoms with van der Waals surface area (Å²) in [6, 6.07) is 0. The van der Waals surface area contributed by atoms with E-state index in [1.54, 1.807) is 24.0 Å². The maximum absolute atomic E-state index is 11.1. The van der Waals surface area contributed by atoms with Crippen LogP contribution in [0.1, 0.15) is 6.92 Å². The third-order valence-corrected chi connectivity index (χ3v) is 2.51. The number of rotatable bonds is 4. The van der Waals surface area contributed by atoms with Crippen LogP contribution in [0.2, 0.25) is 0 Å². The highest BCUT2D eigenvalue weighted by Crippen LogP contribution is 2.31. The van der Waals surface area contributed by atoms with E-state index in [0.29, 0.717) is 12.4 Å². The quantitative estimate of drug-likeness (QED) is 0.647. The standard InChI is InChI=1S/C10H12N6O2/c1-3-15-5-4-12-10(15)7-8(16(17)18)9(11-2)14-6-13-7/h4-6H,3H2,1-2H3,(H,11,13,14). The molecule has 0 aliphatic heterocycles. The minimum Gasteiger partial charge on any atom is -0.367 e. The molecule has 94 valence electrons. The van der Waals surface area contributed by atoms with E-state index < -0.39 is 4.92 Å². The van der Waals surface area contributed by atoms with Crippen molar-refractivity contribution in [2.45, 2.75) is 13.5 Å². The summed E-state index contributed by atoms with van der Waals surface area (Å²) in [7, 11) is 1.57. The molecule has 2 aromatic rings. The van der Waals surface area contributed by atoms with Crippen molar-refractivity contribution >= 4 is 11.5 Å². The normalized spacial score (nSPS) is 10.3. The van der Waals surface area contributed by atoms with Gasteiger partial charge in [-0.3, -0.25) is 10.1 Å². The molecule has 0 aliphatic carbocycles. The van der Waals surface area contributed by atoms with E-state index in [1.807, 2.05) is 6.92 Å². The molecule has 18 heavy (non-hydrogen) atoms. The maximum Gasteiger partial charge on any atom is 0.340 e. The molecule has 0 radical (unpaired) electrons. The summed E-state index contributed by atoms with van der Waals surface area (Å²) in [6.07, 6.45) is 4.62. The molecule has 0 unspecified atom stereocenters. The van der Waals surface area contributed by atoms with Gasteiger partial charge < -0.3 is 9.88 Å². The zero-order valence-corrected chi connectivity index (χ0v) is 9.99. The van der Waals surface area contributed by atoms with Crippen molar-refractivity contribution in [3.8, 4) is 11.5 Å². The molecule has 2 rings (SSSR count).